The fourth-order valence-corrected chi connectivity index (χ4v) is 3.51. The first-order valence-electron chi connectivity index (χ1n) is 8.45. The number of carbonyl (C=O) groups excluding carboxylic acids is 2. The molecule has 0 radical (unpaired) electrons. The first kappa shape index (κ1) is 17.3. The number of aromatic nitrogens is 2. The van der Waals surface area contributed by atoms with Crippen molar-refractivity contribution in [1.29, 1.82) is 0 Å². The zero-order valence-corrected chi connectivity index (χ0v) is 15.3. The molecule has 1 saturated heterocycles. The molecule has 2 aromatic carbocycles. The van der Waals surface area contributed by atoms with Gasteiger partial charge in [-0.3, -0.25) is 9.69 Å². The molecule has 2 heterocycles. The van der Waals surface area contributed by atoms with Crippen LogP contribution in [-0.4, -0.2) is 26.4 Å². The van der Waals surface area contributed by atoms with Gasteiger partial charge in [0, 0.05) is 7.05 Å². The third kappa shape index (κ3) is 2.69. The van der Waals surface area contributed by atoms with Gasteiger partial charge < -0.3 is 9.88 Å². The second-order valence-corrected chi connectivity index (χ2v) is 6.75. The third-order valence-corrected chi connectivity index (χ3v) is 5.20. The topological polar surface area (TPSA) is 67.2 Å². The van der Waals surface area contributed by atoms with Crippen LogP contribution < -0.4 is 5.32 Å². The van der Waals surface area contributed by atoms with Gasteiger partial charge >= 0.3 is 6.03 Å². The van der Waals surface area contributed by atoms with E-state index in [0.717, 1.165) is 0 Å². The minimum atomic E-state index is -1.27. The van der Waals surface area contributed by atoms with Crippen molar-refractivity contribution in [3.8, 4) is 0 Å². The number of nitrogens with zero attached hydrogens (tertiary/aromatic N) is 3. The molecule has 0 bridgehead atoms. The Morgan fingerprint density at radius 3 is 2.04 bits per heavy atom. The van der Waals surface area contributed by atoms with Crippen LogP contribution in [-0.2, 0) is 23.9 Å². The lowest BCUT2D eigenvalue weighted by Gasteiger charge is -2.28. The smallest absolute Gasteiger partial charge is 0.321 e. The molecular formula is C20H17ClN4O2. The molecule has 1 aliphatic heterocycles. The zero-order chi connectivity index (χ0) is 19.0. The molecule has 1 aliphatic rings. The molecule has 0 aliphatic carbocycles. The maximum absolute atomic E-state index is 13.5. The summed E-state index contributed by atoms with van der Waals surface area (Å²) in [4.78, 5) is 31.7. The molecule has 3 amide bonds. The van der Waals surface area contributed by atoms with Gasteiger partial charge in [-0.15, -0.1) is 0 Å². The molecule has 7 heteroatoms. The van der Waals surface area contributed by atoms with Crippen molar-refractivity contribution in [3.63, 3.8) is 0 Å². The van der Waals surface area contributed by atoms with Crippen molar-refractivity contribution in [2.75, 3.05) is 0 Å². The van der Waals surface area contributed by atoms with Gasteiger partial charge in [0.25, 0.3) is 5.91 Å². The molecular weight excluding hydrogens is 364 g/mol. The quantitative estimate of drug-likeness (QED) is 0.707. The average molecular weight is 381 g/mol. The minimum Gasteiger partial charge on any atom is -0.321 e. The number of benzene rings is 2. The lowest BCUT2D eigenvalue weighted by atomic mass is 9.82. The van der Waals surface area contributed by atoms with E-state index in [4.69, 9.17) is 11.6 Å². The second-order valence-electron chi connectivity index (χ2n) is 6.36. The van der Waals surface area contributed by atoms with Crippen molar-refractivity contribution >= 4 is 23.5 Å². The highest BCUT2D eigenvalue weighted by Crippen LogP contribution is 2.36. The van der Waals surface area contributed by atoms with Gasteiger partial charge in [0.1, 0.15) is 11.0 Å². The van der Waals surface area contributed by atoms with E-state index < -0.39 is 11.6 Å². The molecule has 27 heavy (non-hydrogen) atoms. The summed E-state index contributed by atoms with van der Waals surface area (Å²) in [5, 5.41) is 3.35. The first-order chi connectivity index (χ1) is 13.0. The van der Waals surface area contributed by atoms with Gasteiger partial charge in [0.05, 0.1) is 12.7 Å². The van der Waals surface area contributed by atoms with Gasteiger partial charge in [-0.1, -0.05) is 72.3 Å². The van der Waals surface area contributed by atoms with Crippen LogP contribution in [0.25, 0.3) is 0 Å². The van der Waals surface area contributed by atoms with Crippen LogP contribution >= 0.6 is 11.6 Å². The number of urea groups is 1. The summed E-state index contributed by atoms with van der Waals surface area (Å²) in [6.07, 6.45) is 1.50. The number of carbonyl (C=O) groups is 2. The molecule has 6 nitrogen and oxygen atoms in total. The maximum Gasteiger partial charge on any atom is 0.325 e. The normalized spacial score (nSPS) is 15.9. The Balaban J connectivity index is 1.80. The summed E-state index contributed by atoms with van der Waals surface area (Å²) in [7, 11) is 1.74. The van der Waals surface area contributed by atoms with E-state index in [0.29, 0.717) is 22.1 Å². The number of amides is 3. The molecule has 0 spiro atoms. The SMILES string of the molecule is Cn1c(Cl)cnc1CN1C(=O)NC(c2ccccc2)(c2ccccc2)C1=O. The van der Waals surface area contributed by atoms with Crippen LogP contribution in [0.15, 0.2) is 66.9 Å². The first-order valence-corrected chi connectivity index (χ1v) is 8.83. The summed E-state index contributed by atoms with van der Waals surface area (Å²) in [5.41, 5.74) is 0.138. The Morgan fingerprint density at radius 2 is 1.56 bits per heavy atom. The Kier molecular flexibility index (Phi) is 4.20. The van der Waals surface area contributed by atoms with Crippen LogP contribution in [0.5, 0.6) is 0 Å². The summed E-state index contributed by atoms with van der Waals surface area (Å²) in [6, 6.07) is 18.0. The fraction of sp³-hybridized carbons (Fsp3) is 0.150. The van der Waals surface area contributed by atoms with E-state index in [2.05, 4.69) is 10.3 Å². The predicted octanol–water partition coefficient (Wildman–Crippen LogP) is 3.07. The number of imide groups is 1. The van der Waals surface area contributed by atoms with Crippen molar-refractivity contribution in [2.45, 2.75) is 12.1 Å². The van der Waals surface area contributed by atoms with Crippen LogP contribution in [0, 0.1) is 0 Å². The van der Waals surface area contributed by atoms with E-state index in [1.54, 1.807) is 11.6 Å². The molecule has 136 valence electrons. The lowest BCUT2D eigenvalue weighted by Crippen LogP contribution is -2.45. The predicted molar refractivity (Wildman–Crippen MR) is 101 cm³/mol. The Labute approximate surface area is 161 Å². The third-order valence-electron chi connectivity index (χ3n) is 4.85. The number of hydrogen-bond donors (Lipinski definition) is 1. The Bertz CT molecular complexity index is 962. The van der Waals surface area contributed by atoms with E-state index in [9.17, 15) is 9.59 Å². The summed E-state index contributed by atoms with van der Waals surface area (Å²) < 4.78 is 1.65. The minimum absolute atomic E-state index is 0.0370. The molecule has 1 aromatic heterocycles. The van der Waals surface area contributed by atoms with Gasteiger partial charge in [0.2, 0.25) is 0 Å². The van der Waals surface area contributed by atoms with Crippen LogP contribution in [0.3, 0.4) is 0 Å². The highest BCUT2D eigenvalue weighted by atomic mass is 35.5. The standard InChI is InChI=1S/C20H17ClN4O2/c1-24-16(21)12-22-17(24)13-25-18(26)20(23-19(25)27,14-8-4-2-5-9-14)15-10-6-3-7-11-15/h2-12H,13H2,1H3,(H,23,27). The summed E-state index contributed by atoms with van der Waals surface area (Å²) in [5.74, 6) is 0.185. The lowest BCUT2D eigenvalue weighted by molar-refractivity contribution is -0.130. The van der Waals surface area contributed by atoms with Crippen molar-refractivity contribution in [1.82, 2.24) is 19.8 Å². The summed E-state index contributed by atoms with van der Waals surface area (Å²) >= 11 is 6.03. The number of hydrogen-bond acceptors (Lipinski definition) is 3. The zero-order valence-electron chi connectivity index (χ0n) is 14.6. The molecule has 3 aromatic rings. The number of rotatable bonds is 4. The molecule has 4 rings (SSSR count). The van der Waals surface area contributed by atoms with Crippen molar-refractivity contribution in [2.24, 2.45) is 7.05 Å². The van der Waals surface area contributed by atoms with Crippen molar-refractivity contribution < 1.29 is 9.59 Å². The van der Waals surface area contributed by atoms with Crippen LogP contribution in [0.4, 0.5) is 4.79 Å². The highest BCUT2D eigenvalue weighted by Gasteiger charge is 2.53. The molecule has 1 N–H and O–H groups in total. The molecule has 1 fully saturated rings. The number of imidazole rings is 1. The van der Waals surface area contributed by atoms with Crippen molar-refractivity contribution in [3.05, 3.63) is 89.0 Å². The maximum atomic E-state index is 13.5. The van der Waals surface area contributed by atoms with E-state index in [-0.39, 0.29) is 12.5 Å². The van der Waals surface area contributed by atoms with E-state index >= 15 is 0 Å². The number of nitrogens with one attached hydrogen (secondary N) is 1. The van der Waals surface area contributed by atoms with Gasteiger partial charge in [0.15, 0.2) is 5.54 Å². The monoisotopic (exact) mass is 380 g/mol. The van der Waals surface area contributed by atoms with Gasteiger partial charge in [-0.25, -0.2) is 9.78 Å². The summed E-state index contributed by atoms with van der Waals surface area (Å²) in [6.45, 7) is 0.0370. The molecule has 0 atom stereocenters. The Hall–Kier alpha value is -3.12. The molecule has 0 saturated carbocycles. The average Bonchev–Trinajstić information content (AvgIpc) is 3.15. The van der Waals surface area contributed by atoms with E-state index in [1.165, 1.54) is 11.1 Å². The van der Waals surface area contributed by atoms with Gasteiger partial charge in [-0.05, 0) is 11.1 Å². The fourth-order valence-electron chi connectivity index (χ4n) is 3.37. The highest BCUT2D eigenvalue weighted by molar-refractivity contribution is 6.29. The molecule has 0 unspecified atom stereocenters. The van der Waals surface area contributed by atoms with Gasteiger partial charge in [-0.2, -0.15) is 0 Å². The van der Waals surface area contributed by atoms with Crippen LogP contribution in [0.1, 0.15) is 17.0 Å². The second kappa shape index (κ2) is 6.55. The Morgan fingerprint density at radius 1 is 1.00 bits per heavy atom. The van der Waals surface area contributed by atoms with Crippen LogP contribution in [0.2, 0.25) is 5.15 Å². The number of halogens is 1. The van der Waals surface area contributed by atoms with E-state index in [1.807, 2.05) is 60.7 Å². The largest absolute Gasteiger partial charge is 0.325 e.